The van der Waals surface area contributed by atoms with Crippen LogP contribution in [0.5, 0.6) is 0 Å². The van der Waals surface area contributed by atoms with Crippen molar-refractivity contribution in [1.82, 2.24) is 9.97 Å². The van der Waals surface area contributed by atoms with Gasteiger partial charge < -0.3 is 10.6 Å². The Labute approximate surface area is 138 Å². The lowest BCUT2D eigenvalue weighted by Crippen LogP contribution is -2.23. The van der Waals surface area contributed by atoms with Crippen LogP contribution in [0.3, 0.4) is 0 Å². The van der Waals surface area contributed by atoms with Gasteiger partial charge in [0.25, 0.3) is 0 Å². The molecule has 1 saturated carbocycles. The van der Waals surface area contributed by atoms with Crippen LogP contribution in [0.4, 0.5) is 11.8 Å². The highest BCUT2D eigenvalue weighted by molar-refractivity contribution is 5.40. The Morgan fingerprint density at radius 1 is 1.00 bits per heavy atom. The summed E-state index contributed by atoms with van der Waals surface area (Å²) in [4.78, 5) is 8.93. The second-order valence-corrected chi connectivity index (χ2v) is 6.26. The van der Waals surface area contributed by atoms with E-state index in [1.807, 2.05) is 12.3 Å². The predicted octanol–water partition coefficient (Wildman–Crippen LogP) is 4.27. The first-order valence-corrected chi connectivity index (χ1v) is 8.77. The molecule has 1 aliphatic rings. The smallest absolute Gasteiger partial charge is 0.224 e. The van der Waals surface area contributed by atoms with Gasteiger partial charge in [-0.25, -0.2) is 4.98 Å². The quantitative estimate of drug-likeness (QED) is 0.750. The monoisotopic (exact) mass is 310 g/mol. The molecule has 23 heavy (non-hydrogen) atoms. The number of aromatic nitrogens is 2. The number of nitrogens with zero attached hydrogens (tertiary/aromatic N) is 2. The van der Waals surface area contributed by atoms with Crippen molar-refractivity contribution in [2.75, 3.05) is 17.2 Å². The number of nitrogens with one attached hydrogen (secondary N) is 2. The molecule has 1 fully saturated rings. The fourth-order valence-electron chi connectivity index (χ4n) is 3.11. The molecule has 0 bridgehead atoms. The second kappa shape index (κ2) is 8.51. The summed E-state index contributed by atoms with van der Waals surface area (Å²) in [5.74, 6) is 1.66. The zero-order valence-corrected chi connectivity index (χ0v) is 13.7. The molecular formula is C19H26N4. The molecule has 1 heterocycles. The molecule has 1 aliphatic carbocycles. The predicted molar refractivity (Wildman–Crippen MR) is 95.8 cm³/mol. The van der Waals surface area contributed by atoms with E-state index < -0.39 is 0 Å². The van der Waals surface area contributed by atoms with E-state index in [9.17, 15) is 0 Å². The van der Waals surface area contributed by atoms with Crippen molar-refractivity contribution >= 4 is 11.8 Å². The molecule has 4 heteroatoms. The van der Waals surface area contributed by atoms with Gasteiger partial charge in [0.2, 0.25) is 5.95 Å². The standard InChI is InChI=1S/C19H26N4/c1-3-8-16(9-4-1)10-7-14-20-18-13-15-21-19(23-18)22-17-11-5-2-6-12-17/h1,3-4,8-9,13,15,17H,2,5-7,10-12,14H2,(H2,20,21,22,23). The van der Waals surface area contributed by atoms with Crippen LogP contribution >= 0.6 is 0 Å². The van der Waals surface area contributed by atoms with E-state index in [0.29, 0.717) is 6.04 Å². The first kappa shape index (κ1) is 15.8. The summed E-state index contributed by atoms with van der Waals surface area (Å²) in [6, 6.07) is 13.1. The van der Waals surface area contributed by atoms with Gasteiger partial charge in [-0.3, -0.25) is 0 Å². The van der Waals surface area contributed by atoms with Crippen molar-refractivity contribution in [2.24, 2.45) is 0 Å². The molecule has 0 atom stereocenters. The number of rotatable bonds is 7. The molecule has 4 nitrogen and oxygen atoms in total. The highest BCUT2D eigenvalue weighted by Gasteiger charge is 2.13. The van der Waals surface area contributed by atoms with E-state index in [1.54, 1.807) is 0 Å². The first-order chi connectivity index (χ1) is 11.4. The number of anilines is 2. The number of hydrogen-bond acceptors (Lipinski definition) is 4. The average molecular weight is 310 g/mol. The second-order valence-electron chi connectivity index (χ2n) is 6.26. The zero-order chi connectivity index (χ0) is 15.7. The van der Waals surface area contributed by atoms with Gasteiger partial charge in [0.15, 0.2) is 0 Å². The summed E-state index contributed by atoms with van der Waals surface area (Å²) in [6.07, 6.45) is 10.5. The van der Waals surface area contributed by atoms with Crippen molar-refractivity contribution in [2.45, 2.75) is 51.0 Å². The van der Waals surface area contributed by atoms with Gasteiger partial charge in [0, 0.05) is 18.8 Å². The molecule has 0 amide bonds. The normalized spacial score (nSPS) is 15.3. The van der Waals surface area contributed by atoms with E-state index in [-0.39, 0.29) is 0 Å². The lowest BCUT2D eigenvalue weighted by Gasteiger charge is -2.22. The van der Waals surface area contributed by atoms with E-state index in [4.69, 9.17) is 0 Å². The molecule has 2 N–H and O–H groups in total. The minimum Gasteiger partial charge on any atom is -0.370 e. The van der Waals surface area contributed by atoms with Crippen LogP contribution in [0.25, 0.3) is 0 Å². The lowest BCUT2D eigenvalue weighted by atomic mass is 9.96. The van der Waals surface area contributed by atoms with Gasteiger partial charge in [-0.1, -0.05) is 49.6 Å². The highest BCUT2D eigenvalue weighted by Crippen LogP contribution is 2.20. The van der Waals surface area contributed by atoms with Gasteiger partial charge >= 0.3 is 0 Å². The summed E-state index contributed by atoms with van der Waals surface area (Å²) in [6.45, 7) is 0.925. The Morgan fingerprint density at radius 2 is 1.83 bits per heavy atom. The Hall–Kier alpha value is -2.10. The van der Waals surface area contributed by atoms with Crippen LogP contribution in [0.15, 0.2) is 42.6 Å². The molecule has 2 aromatic rings. The lowest BCUT2D eigenvalue weighted by molar-refractivity contribution is 0.461. The third-order valence-electron chi connectivity index (χ3n) is 4.39. The molecular weight excluding hydrogens is 284 g/mol. The van der Waals surface area contributed by atoms with Gasteiger partial charge in [-0.2, -0.15) is 4.98 Å². The summed E-state index contributed by atoms with van der Waals surface area (Å²) in [5.41, 5.74) is 1.39. The minimum absolute atomic E-state index is 0.539. The number of hydrogen-bond donors (Lipinski definition) is 2. The Kier molecular flexibility index (Phi) is 5.84. The largest absolute Gasteiger partial charge is 0.370 e. The van der Waals surface area contributed by atoms with Crippen LogP contribution in [-0.2, 0) is 6.42 Å². The molecule has 1 aromatic heterocycles. The van der Waals surface area contributed by atoms with Crippen LogP contribution < -0.4 is 10.6 Å². The Bertz CT molecular complexity index is 579. The molecule has 3 rings (SSSR count). The minimum atomic E-state index is 0.539. The Balaban J connectivity index is 1.43. The van der Waals surface area contributed by atoms with Crippen LogP contribution in [-0.4, -0.2) is 22.6 Å². The third kappa shape index (κ3) is 5.23. The van der Waals surface area contributed by atoms with Crippen molar-refractivity contribution in [1.29, 1.82) is 0 Å². The maximum Gasteiger partial charge on any atom is 0.224 e. The Morgan fingerprint density at radius 3 is 2.65 bits per heavy atom. The average Bonchev–Trinajstić information content (AvgIpc) is 2.61. The fraction of sp³-hybridized carbons (Fsp3) is 0.474. The van der Waals surface area contributed by atoms with Crippen LogP contribution in [0, 0.1) is 0 Å². The van der Waals surface area contributed by atoms with Crippen molar-refractivity contribution in [3.8, 4) is 0 Å². The molecule has 122 valence electrons. The van der Waals surface area contributed by atoms with Crippen LogP contribution in [0.1, 0.15) is 44.1 Å². The molecule has 0 aliphatic heterocycles. The fourth-order valence-corrected chi connectivity index (χ4v) is 3.11. The molecule has 0 spiro atoms. The van der Waals surface area contributed by atoms with Crippen molar-refractivity contribution < 1.29 is 0 Å². The SMILES string of the molecule is c1ccc(CCCNc2ccnc(NC3CCCCC3)n2)cc1. The highest BCUT2D eigenvalue weighted by atomic mass is 15.1. The van der Waals surface area contributed by atoms with Gasteiger partial charge in [0.05, 0.1) is 0 Å². The topological polar surface area (TPSA) is 49.8 Å². The summed E-state index contributed by atoms with van der Waals surface area (Å²) in [5, 5.41) is 6.88. The summed E-state index contributed by atoms with van der Waals surface area (Å²) >= 11 is 0. The maximum absolute atomic E-state index is 4.58. The molecule has 0 unspecified atom stereocenters. The van der Waals surface area contributed by atoms with E-state index in [2.05, 4.69) is 50.9 Å². The number of aryl methyl sites for hydroxylation is 1. The third-order valence-corrected chi connectivity index (χ3v) is 4.39. The summed E-state index contributed by atoms with van der Waals surface area (Å²) in [7, 11) is 0. The van der Waals surface area contributed by atoms with Crippen molar-refractivity contribution in [3.05, 3.63) is 48.2 Å². The molecule has 1 aromatic carbocycles. The van der Waals surface area contributed by atoms with E-state index in [0.717, 1.165) is 31.2 Å². The van der Waals surface area contributed by atoms with Gasteiger partial charge in [0.1, 0.15) is 5.82 Å². The van der Waals surface area contributed by atoms with Crippen molar-refractivity contribution in [3.63, 3.8) is 0 Å². The molecule has 0 saturated heterocycles. The van der Waals surface area contributed by atoms with Gasteiger partial charge in [-0.15, -0.1) is 0 Å². The van der Waals surface area contributed by atoms with E-state index in [1.165, 1.54) is 37.7 Å². The maximum atomic E-state index is 4.58. The van der Waals surface area contributed by atoms with E-state index >= 15 is 0 Å². The zero-order valence-electron chi connectivity index (χ0n) is 13.7. The first-order valence-electron chi connectivity index (χ1n) is 8.77. The number of benzene rings is 1. The van der Waals surface area contributed by atoms with Gasteiger partial charge in [-0.05, 0) is 37.3 Å². The molecule has 0 radical (unpaired) electrons. The summed E-state index contributed by atoms with van der Waals surface area (Å²) < 4.78 is 0. The van der Waals surface area contributed by atoms with Crippen LogP contribution in [0.2, 0.25) is 0 Å².